The third-order valence-electron chi connectivity index (χ3n) is 5.82. The quantitative estimate of drug-likeness (QED) is 0.469. The van der Waals surface area contributed by atoms with E-state index in [0.29, 0.717) is 10.7 Å². The fourth-order valence-electron chi connectivity index (χ4n) is 4.01. The molecular formula is C25H24N4O2S. The minimum Gasteiger partial charge on any atom is -0.497 e. The Morgan fingerprint density at radius 2 is 1.97 bits per heavy atom. The van der Waals surface area contributed by atoms with Gasteiger partial charge in [0.05, 0.1) is 29.6 Å². The zero-order valence-corrected chi connectivity index (χ0v) is 18.9. The summed E-state index contributed by atoms with van der Waals surface area (Å²) in [7, 11) is 1.64. The maximum Gasteiger partial charge on any atom is 0.258 e. The number of ether oxygens (including phenoxy) is 1. The number of anilines is 1. The molecule has 32 heavy (non-hydrogen) atoms. The van der Waals surface area contributed by atoms with Crippen LogP contribution in [0.3, 0.4) is 0 Å². The second-order valence-corrected chi connectivity index (χ2v) is 8.85. The molecule has 6 nitrogen and oxygen atoms in total. The van der Waals surface area contributed by atoms with Crippen molar-refractivity contribution in [2.24, 2.45) is 0 Å². The molecular weight excluding hydrogens is 420 g/mol. The van der Waals surface area contributed by atoms with Crippen LogP contribution >= 0.6 is 11.3 Å². The summed E-state index contributed by atoms with van der Waals surface area (Å²) in [6.07, 6.45) is 0.926. The van der Waals surface area contributed by atoms with E-state index in [1.54, 1.807) is 18.4 Å². The Morgan fingerprint density at radius 3 is 2.75 bits per heavy atom. The van der Waals surface area contributed by atoms with Gasteiger partial charge in [0.15, 0.2) is 5.13 Å². The molecule has 0 bridgehead atoms. The molecule has 0 unspecified atom stereocenters. The Bertz CT molecular complexity index is 1280. The SMILES string of the molecule is CCN1CCc2nc(NC(=O)c3cc(-c4ccc(OC)cc4)nc4ccccc34)sc2C1. The number of nitrogens with zero attached hydrogens (tertiary/aromatic N) is 3. The number of nitrogens with one attached hydrogen (secondary N) is 1. The Morgan fingerprint density at radius 1 is 1.16 bits per heavy atom. The Kier molecular flexibility index (Phi) is 5.59. The van der Waals surface area contributed by atoms with Crippen molar-refractivity contribution in [1.29, 1.82) is 0 Å². The molecule has 3 heterocycles. The van der Waals surface area contributed by atoms with Gasteiger partial charge < -0.3 is 4.74 Å². The van der Waals surface area contributed by atoms with Gasteiger partial charge >= 0.3 is 0 Å². The van der Waals surface area contributed by atoms with Crippen LogP contribution in [0.15, 0.2) is 54.6 Å². The number of fused-ring (bicyclic) bond motifs is 2. The molecule has 1 aliphatic rings. The number of carbonyl (C=O) groups excluding carboxylic acids is 1. The molecule has 1 N–H and O–H groups in total. The smallest absolute Gasteiger partial charge is 0.258 e. The van der Waals surface area contributed by atoms with Gasteiger partial charge in [-0.1, -0.05) is 25.1 Å². The maximum absolute atomic E-state index is 13.3. The van der Waals surface area contributed by atoms with Gasteiger partial charge in [-0.3, -0.25) is 15.0 Å². The summed E-state index contributed by atoms with van der Waals surface area (Å²) >= 11 is 1.57. The molecule has 0 saturated heterocycles. The van der Waals surface area contributed by atoms with E-state index in [9.17, 15) is 4.79 Å². The number of benzene rings is 2. The average Bonchev–Trinajstić information content (AvgIpc) is 3.24. The highest BCUT2D eigenvalue weighted by molar-refractivity contribution is 7.15. The molecule has 0 spiro atoms. The molecule has 0 aliphatic carbocycles. The predicted molar refractivity (Wildman–Crippen MR) is 128 cm³/mol. The van der Waals surface area contributed by atoms with Crippen LogP contribution in [0.4, 0.5) is 5.13 Å². The van der Waals surface area contributed by atoms with Gasteiger partial charge in [0, 0.05) is 35.3 Å². The summed E-state index contributed by atoms with van der Waals surface area (Å²) < 4.78 is 5.26. The lowest BCUT2D eigenvalue weighted by Crippen LogP contribution is -2.29. The van der Waals surface area contributed by atoms with Gasteiger partial charge in [0.25, 0.3) is 5.91 Å². The Labute approximate surface area is 190 Å². The van der Waals surface area contributed by atoms with E-state index in [-0.39, 0.29) is 5.91 Å². The van der Waals surface area contributed by atoms with Crippen LogP contribution < -0.4 is 10.1 Å². The van der Waals surface area contributed by atoms with E-state index >= 15 is 0 Å². The average molecular weight is 445 g/mol. The van der Waals surface area contributed by atoms with Crippen LogP contribution in [-0.2, 0) is 13.0 Å². The van der Waals surface area contributed by atoms with Crippen LogP contribution in [0.25, 0.3) is 22.2 Å². The van der Waals surface area contributed by atoms with E-state index in [4.69, 9.17) is 14.7 Å². The van der Waals surface area contributed by atoms with Gasteiger partial charge in [0.1, 0.15) is 5.75 Å². The van der Waals surface area contributed by atoms with E-state index in [1.807, 2.05) is 54.6 Å². The van der Waals surface area contributed by atoms with E-state index in [2.05, 4.69) is 17.1 Å². The molecule has 7 heteroatoms. The lowest BCUT2D eigenvalue weighted by molar-refractivity contribution is 0.102. The van der Waals surface area contributed by atoms with E-state index in [1.165, 1.54) is 4.88 Å². The number of methoxy groups -OCH3 is 1. The predicted octanol–water partition coefficient (Wildman–Crippen LogP) is 5.00. The summed E-state index contributed by atoms with van der Waals surface area (Å²) in [5.74, 6) is 0.610. The molecule has 5 rings (SSSR count). The normalized spacial score (nSPS) is 13.7. The second-order valence-electron chi connectivity index (χ2n) is 7.76. The van der Waals surface area contributed by atoms with Crippen molar-refractivity contribution < 1.29 is 9.53 Å². The molecule has 0 atom stereocenters. The second kappa shape index (κ2) is 8.68. The van der Waals surface area contributed by atoms with E-state index < -0.39 is 0 Å². The number of hydrogen-bond acceptors (Lipinski definition) is 6. The van der Waals surface area contributed by atoms with E-state index in [0.717, 1.165) is 59.7 Å². The molecule has 0 radical (unpaired) electrons. The van der Waals surface area contributed by atoms with Gasteiger partial charge in [-0.15, -0.1) is 11.3 Å². The van der Waals surface area contributed by atoms with Crippen molar-refractivity contribution in [3.8, 4) is 17.0 Å². The maximum atomic E-state index is 13.3. The summed E-state index contributed by atoms with van der Waals surface area (Å²) in [6, 6.07) is 17.3. The number of thiazole rings is 1. The van der Waals surface area contributed by atoms with Gasteiger partial charge in [-0.25, -0.2) is 9.97 Å². The molecule has 0 fully saturated rings. The van der Waals surface area contributed by atoms with Crippen LogP contribution in [0.2, 0.25) is 0 Å². The number of rotatable bonds is 5. The highest BCUT2D eigenvalue weighted by Gasteiger charge is 2.21. The third-order valence-corrected chi connectivity index (χ3v) is 6.82. The van der Waals surface area contributed by atoms with Crippen LogP contribution in [0.1, 0.15) is 27.9 Å². The fraction of sp³-hybridized carbons (Fsp3) is 0.240. The minimum absolute atomic E-state index is 0.170. The minimum atomic E-state index is -0.170. The highest BCUT2D eigenvalue weighted by Crippen LogP contribution is 2.30. The summed E-state index contributed by atoms with van der Waals surface area (Å²) in [5.41, 5.74) is 4.14. The van der Waals surface area contributed by atoms with Crippen LogP contribution in [0, 0.1) is 0 Å². The standard InChI is InChI=1S/C25H24N4O2S/c1-3-29-13-12-21-23(15-29)32-25(27-21)28-24(30)19-14-22(16-8-10-17(31-2)11-9-16)26-20-7-5-4-6-18(19)20/h4-11,14H,3,12-13,15H2,1-2H3,(H,27,28,30). The molecule has 1 aliphatic heterocycles. The van der Waals surface area contributed by atoms with Crippen molar-refractivity contribution in [2.75, 3.05) is 25.5 Å². The Balaban J connectivity index is 1.49. The lowest BCUT2D eigenvalue weighted by Gasteiger charge is -2.23. The number of para-hydroxylation sites is 1. The largest absolute Gasteiger partial charge is 0.497 e. The van der Waals surface area contributed by atoms with Gasteiger partial charge in [0.2, 0.25) is 0 Å². The number of pyridine rings is 1. The number of likely N-dealkylation sites (N-methyl/N-ethyl adjacent to an activating group) is 1. The van der Waals surface area contributed by atoms with Gasteiger partial charge in [-0.2, -0.15) is 0 Å². The van der Waals surface area contributed by atoms with Crippen molar-refractivity contribution >= 4 is 33.3 Å². The zero-order chi connectivity index (χ0) is 22.1. The first-order valence-electron chi connectivity index (χ1n) is 10.7. The molecule has 1 amide bonds. The van der Waals surface area contributed by atoms with Crippen molar-refractivity contribution in [3.05, 3.63) is 70.7 Å². The first-order chi connectivity index (χ1) is 15.6. The number of hydrogen-bond donors (Lipinski definition) is 1. The van der Waals surface area contributed by atoms with Crippen LogP contribution in [-0.4, -0.2) is 41.0 Å². The lowest BCUT2D eigenvalue weighted by atomic mass is 10.0. The monoisotopic (exact) mass is 444 g/mol. The molecule has 162 valence electrons. The third kappa shape index (κ3) is 3.97. The van der Waals surface area contributed by atoms with Crippen molar-refractivity contribution in [1.82, 2.24) is 14.9 Å². The van der Waals surface area contributed by atoms with Crippen LogP contribution in [0.5, 0.6) is 5.75 Å². The van der Waals surface area contributed by atoms with Crippen molar-refractivity contribution in [2.45, 2.75) is 19.9 Å². The fourth-order valence-corrected chi connectivity index (χ4v) is 5.05. The number of amides is 1. The number of aromatic nitrogens is 2. The molecule has 0 saturated carbocycles. The summed E-state index contributed by atoms with van der Waals surface area (Å²) in [5, 5.41) is 4.52. The zero-order valence-electron chi connectivity index (χ0n) is 18.1. The summed E-state index contributed by atoms with van der Waals surface area (Å²) in [6.45, 7) is 5.11. The molecule has 2 aromatic heterocycles. The molecule has 2 aromatic carbocycles. The first-order valence-corrected chi connectivity index (χ1v) is 11.5. The van der Waals surface area contributed by atoms with Gasteiger partial charge in [-0.05, 0) is 42.9 Å². The Hall–Kier alpha value is -3.29. The van der Waals surface area contributed by atoms with Crippen molar-refractivity contribution in [3.63, 3.8) is 0 Å². The molecule has 4 aromatic rings. The highest BCUT2D eigenvalue weighted by atomic mass is 32.1. The first kappa shape index (κ1) is 20.6. The topological polar surface area (TPSA) is 67.4 Å². The summed E-state index contributed by atoms with van der Waals surface area (Å²) in [4.78, 5) is 26.5. The number of carbonyl (C=O) groups is 1.